The maximum absolute atomic E-state index is 10.2. The minimum Gasteiger partial charge on any atom is -0.465 e. The summed E-state index contributed by atoms with van der Waals surface area (Å²) in [6, 6.07) is 3.22. The van der Waals surface area contributed by atoms with E-state index in [4.69, 9.17) is 10.2 Å². The zero-order chi connectivity index (χ0) is 8.97. The largest absolute Gasteiger partial charge is 0.465 e. The van der Waals surface area contributed by atoms with E-state index in [1.54, 1.807) is 12.1 Å². The van der Waals surface area contributed by atoms with Gasteiger partial charge in [-0.25, -0.2) is 9.78 Å². The van der Waals surface area contributed by atoms with Gasteiger partial charge in [-0.15, -0.1) is 0 Å². The number of carbonyl (C=O) groups is 1. The lowest BCUT2D eigenvalue weighted by atomic mass is 10.3. The van der Waals surface area contributed by atoms with Crippen LogP contribution in [0.3, 0.4) is 0 Å². The van der Waals surface area contributed by atoms with Gasteiger partial charge in [0.1, 0.15) is 5.82 Å². The molecule has 0 saturated heterocycles. The van der Waals surface area contributed by atoms with Gasteiger partial charge in [-0.2, -0.15) is 0 Å². The summed E-state index contributed by atoms with van der Waals surface area (Å²) in [5, 5.41) is 19.2. The maximum atomic E-state index is 10.2. The first-order valence-corrected chi connectivity index (χ1v) is 3.28. The number of carboxylic acid groups (broad SMARTS) is 1. The topological polar surface area (TPSA) is 82.5 Å². The third kappa shape index (κ3) is 1.93. The van der Waals surface area contributed by atoms with E-state index in [1.807, 2.05) is 0 Å². The highest BCUT2D eigenvalue weighted by Crippen LogP contribution is 2.10. The van der Waals surface area contributed by atoms with Gasteiger partial charge in [0, 0.05) is 11.8 Å². The molecule has 0 saturated carbocycles. The number of nitrogens with one attached hydrogen (secondary N) is 1. The van der Waals surface area contributed by atoms with Gasteiger partial charge in [0.05, 0.1) is 6.61 Å². The number of hydrogen-bond donors (Lipinski definition) is 3. The van der Waals surface area contributed by atoms with E-state index in [1.165, 1.54) is 6.20 Å². The summed E-state index contributed by atoms with van der Waals surface area (Å²) in [6.45, 7) is -0.233. The fourth-order valence-corrected chi connectivity index (χ4v) is 0.780. The van der Waals surface area contributed by atoms with E-state index in [2.05, 4.69) is 10.3 Å². The Kier molecular flexibility index (Phi) is 2.60. The summed E-state index contributed by atoms with van der Waals surface area (Å²) < 4.78 is 0. The lowest BCUT2D eigenvalue weighted by molar-refractivity contribution is 0.209. The molecule has 0 aliphatic heterocycles. The fraction of sp³-hybridized carbons (Fsp3) is 0.143. The van der Waals surface area contributed by atoms with Crippen LogP contribution in [0.15, 0.2) is 18.3 Å². The molecule has 5 heteroatoms. The number of anilines is 1. The standard InChI is InChI=1S/C7H8N2O3/c10-4-5-2-1-3-8-6(5)9-7(11)12/h1-3,10H,4H2,(H,8,9)(H,11,12). The second-order valence-electron chi connectivity index (χ2n) is 2.10. The van der Waals surface area contributed by atoms with Crippen LogP contribution in [0.1, 0.15) is 5.56 Å². The van der Waals surface area contributed by atoms with Crippen molar-refractivity contribution >= 4 is 11.9 Å². The molecule has 0 fully saturated rings. The molecule has 0 unspecified atom stereocenters. The number of pyridine rings is 1. The first-order chi connectivity index (χ1) is 5.74. The number of aliphatic hydroxyl groups is 1. The molecule has 5 nitrogen and oxygen atoms in total. The second-order valence-corrected chi connectivity index (χ2v) is 2.10. The Bertz CT molecular complexity index is 288. The van der Waals surface area contributed by atoms with Crippen molar-refractivity contribution in [2.24, 2.45) is 0 Å². The van der Waals surface area contributed by atoms with Gasteiger partial charge in [-0.05, 0) is 6.07 Å². The Morgan fingerprint density at radius 1 is 1.67 bits per heavy atom. The Labute approximate surface area is 68.7 Å². The van der Waals surface area contributed by atoms with Crippen LogP contribution in [0.5, 0.6) is 0 Å². The monoisotopic (exact) mass is 168 g/mol. The average Bonchev–Trinajstić information content (AvgIpc) is 2.04. The van der Waals surface area contributed by atoms with E-state index in [0.29, 0.717) is 5.56 Å². The lowest BCUT2D eigenvalue weighted by Crippen LogP contribution is -2.10. The molecular weight excluding hydrogens is 160 g/mol. The van der Waals surface area contributed by atoms with Crippen LogP contribution in [0.2, 0.25) is 0 Å². The van der Waals surface area contributed by atoms with Crippen LogP contribution in [0.25, 0.3) is 0 Å². The molecule has 12 heavy (non-hydrogen) atoms. The van der Waals surface area contributed by atoms with Crippen LogP contribution in [-0.2, 0) is 6.61 Å². The molecule has 1 heterocycles. The van der Waals surface area contributed by atoms with E-state index >= 15 is 0 Å². The smallest absolute Gasteiger partial charge is 0.410 e. The molecule has 1 aromatic rings. The van der Waals surface area contributed by atoms with E-state index < -0.39 is 6.09 Å². The van der Waals surface area contributed by atoms with Crippen LogP contribution in [-0.4, -0.2) is 21.3 Å². The first-order valence-electron chi connectivity index (χ1n) is 3.28. The summed E-state index contributed by atoms with van der Waals surface area (Å²) in [4.78, 5) is 13.9. The summed E-state index contributed by atoms with van der Waals surface area (Å²) in [5.74, 6) is 0.174. The molecular formula is C7H8N2O3. The molecule has 0 radical (unpaired) electrons. The molecule has 0 bridgehead atoms. The van der Waals surface area contributed by atoms with Crippen molar-refractivity contribution in [2.75, 3.05) is 5.32 Å². The zero-order valence-corrected chi connectivity index (χ0v) is 6.19. The highest BCUT2D eigenvalue weighted by Gasteiger charge is 2.03. The van der Waals surface area contributed by atoms with Gasteiger partial charge in [0.2, 0.25) is 0 Å². The molecule has 0 spiro atoms. The Balaban J connectivity index is 2.89. The predicted molar refractivity (Wildman–Crippen MR) is 41.8 cm³/mol. The van der Waals surface area contributed by atoms with Crippen LogP contribution in [0.4, 0.5) is 10.6 Å². The van der Waals surface area contributed by atoms with Crippen molar-refractivity contribution in [3.8, 4) is 0 Å². The Morgan fingerprint density at radius 3 is 3.00 bits per heavy atom. The highest BCUT2D eigenvalue weighted by atomic mass is 16.4. The molecule has 0 aliphatic rings. The average molecular weight is 168 g/mol. The summed E-state index contributed by atoms with van der Waals surface area (Å²) in [7, 11) is 0. The minimum atomic E-state index is -1.19. The fourth-order valence-electron chi connectivity index (χ4n) is 0.780. The molecule has 64 valence electrons. The third-order valence-electron chi connectivity index (χ3n) is 1.29. The summed E-state index contributed by atoms with van der Waals surface area (Å²) in [5.41, 5.74) is 0.458. The van der Waals surface area contributed by atoms with Crippen molar-refractivity contribution < 1.29 is 15.0 Å². The van der Waals surface area contributed by atoms with E-state index in [0.717, 1.165) is 0 Å². The van der Waals surface area contributed by atoms with Crippen molar-refractivity contribution in [3.63, 3.8) is 0 Å². The van der Waals surface area contributed by atoms with Gasteiger partial charge in [0.25, 0.3) is 0 Å². The molecule has 0 aromatic carbocycles. The van der Waals surface area contributed by atoms with Crippen LogP contribution in [0, 0.1) is 0 Å². The molecule has 3 N–H and O–H groups in total. The van der Waals surface area contributed by atoms with Crippen molar-refractivity contribution in [3.05, 3.63) is 23.9 Å². The lowest BCUT2D eigenvalue weighted by Gasteiger charge is -2.03. The van der Waals surface area contributed by atoms with Gasteiger partial charge in [-0.1, -0.05) is 6.07 Å². The Hall–Kier alpha value is -1.62. The Morgan fingerprint density at radius 2 is 2.42 bits per heavy atom. The normalized spacial score (nSPS) is 9.42. The van der Waals surface area contributed by atoms with Crippen molar-refractivity contribution in [1.82, 2.24) is 4.98 Å². The van der Waals surface area contributed by atoms with Crippen molar-refractivity contribution in [1.29, 1.82) is 0 Å². The summed E-state index contributed by atoms with van der Waals surface area (Å²) >= 11 is 0. The number of nitrogens with zero attached hydrogens (tertiary/aromatic N) is 1. The number of hydrogen-bond acceptors (Lipinski definition) is 3. The van der Waals surface area contributed by atoms with Crippen LogP contribution < -0.4 is 5.32 Å². The van der Waals surface area contributed by atoms with Crippen molar-refractivity contribution in [2.45, 2.75) is 6.61 Å². The number of amides is 1. The van der Waals surface area contributed by atoms with E-state index in [-0.39, 0.29) is 12.4 Å². The predicted octanol–water partition coefficient (Wildman–Crippen LogP) is 0.664. The minimum absolute atomic E-state index is 0.174. The van der Waals surface area contributed by atoms with E-state index in [9.17, 15) is 4.79 Å². The molecule has 1 aromatic heterocycles. The number of aliphatic hydroxyl groups excluding tert-OH is 1. The molecule has 1 amide bonds. The first kappa shape index (κ1) is 8.48. The van der Waals surface area contributed by atoms with Gasteiger partial charge >= 0.3 is 6.09 Å². The van der Waals surface area contributed by atoms with Gasteiger partial charge in [0.15, 0.2) is 0 Å². The van der Waals surface area contributed by atoms with Gasteiger partial charge < -0.3 is 10.2 Å². The summed E-state index contributed by atoms with van der Waals surface area (Å²) in [6.07, 6.45) is 0.258. The second kappa shape index (κ2) is 3.68. The molecule has 0 atom stereocenters. The third-order valence-corrected chi connectivity index (χ3v) is 1.29. The molecule has 0 aliphatic carbocycles. The maximum Gasteiger partial charge on any atom is 0.410 e. The van der Waals surface area contributed by atoms with Crippen LogP contribution >= 0.6 is 0 Å². The van der Waals surface area contributed by atoms with Gasteiger partial charge in [-0.3, -0.25) is 5.32 Å². The number of aromatic nitrogens is 1. The zero-order valence-electron chi connectivity index (χ0n) is 6.19. The quantitative estimate of drug-likeness (QED) is 0.605. The SMILES string of the molecule is O=C(O)Nc1ncccc1CO. The number of rotatable bonds is 2. The highest BCUT2D eigenvalue weighted by molar-refractivity contribution is 5.82. The molecule has 1 rings (SSSR count).